The van der Waals surface area contributed by atoms with Crippen LogP contribution in [-0.2, 0) is 15.0 Å². The van der Waals surface area contributed by atoms with Crippen molar-refractivity contribution in [2.45, 2.75) is 77.0 Å². The summed E-state index contributed by atoms with van der Waals surface area (Å²) in [7, 11) is 0. The van der Waals surface area contributed by atoms with E-state index in [2.05, 4.69) is 13.0 Å². The number of benzene rings is 1. The van der Waals surface area contributed by atoms with Gasteiger partial charge in [-0.1, -0.05) is 38.0 Å². The lowest BCUT2D eigenvalue weighted by Crippen LogP contribution is -2.49. The fourth-order valence-corrected chi connectivity index (χ4v) is 8.03. The molecule has 4 saturated carbocycles. The Morgan fingerprint density at radius 2 is 1.68 bits per heavy atom. The van der Waals surface area contributed by atoms with Crippen molar-refractivity contribution in [1.82, 2.24) is 14.7 Å². The van der Waals surface area contributed by atoms with Crippen LogP contribution in [0.1, 0.15) is 82.9 Å². The van der Waals surface area contributed by atoms with Gasteiger partial charge in [0.1, 0.15) is 11.6 Å². The monoisotopic (exact) mass is 508 g/mol. The van der Waals surface area contributed by atoms with E-state index in [0.717, 1.165) is 73.2 Å². The first kappa shape index (κ1) is 24.9. The molecular formula is C32H36N4O2. The lowest BCUT2D eigenvalue weighted by Gasteiger charge is -2.56. The zero-order valence-electron chi connectivity index (χ0n) is 22.4. The minimum absolute atomic E-state index is 0.0329. The van der Waals surface area contributed by atoms with Crippen LogP contribution in [0.25, 0.3) is 11.8 Å². The van der Waals surface area contributed by atoms with Crippen LogP contribution in [-0.4, -0.2) is 33.0 Å². The molecule has 4 bridgehead atoms. The highest BCUT2D eigenvalue weighted by Crippen LogP contribution is 2.61. The second-order valence-electron chi connectivity index (χ2n) is 12.0. The van der Waals surface area contributed by atoms with E-state index in [0.29, 0.717) is 17.7 Å². The molecule has 1 aromatic carbocycles. The van der Waals surface area contributed by atoms with E-state index in [9.17, 15) is 14.9 Å². The number of imide groups is 1. The summed E-state index contributed by atoms with van der Waals surface area (Å²) in [5, 5.41) is 15.1. The number of unbranched alkanes of at least 4 members (excludes halogenated alkanes) is 2. The van der Waals surface area contributed by atoms with Gasteiger partial charge >= 0.3 is 0 Å². The molecule has 6 nitrogen and oxygen atoms in total. The molecule has 2 heterocycles. The van der Waals surface area contributed by atoms with Crippen molar-refractivity contribution in [3.63, 3.8) is 0 Å². The summed E-state index contributed by atoms with van der Waals surface area (Å²) >= 11 is 0. The van der Waals surface area contributed by atoms with Gasteiger partial charge in [0.2, 0.25) is 0 Å². The smallest absolute Gasteiger partial charge is 0.271 e. The van der Waals surface area contributed by atoms with Crippen molar-refractivity contribution in [2.75, 3.05) is 6.54 Å². The SMILES string of the molecule is CCCCCN1C(=O)C(C#N)=C(C)/C(=C\c2cn(-c3ccccc3)nc2C23CC4CC(CC(C4)C2)C3)C1=O. The number of para-hydroxylation sites is 1. The van der Waals surface area contributed by atoms with Crippen molar-refractivity contribution in [2.24, 2.45) is 17.8 Å². The molecule has 6 heteroatoms. The van der Waals surface area contributed by atoms with Gasteiger partial charge in [0, 0.05) is 29.3 Å². The van der Waals surface area contributed by atoms with Gasteiger partial charge < -0.3 is 0 Å². The number of amides is 2. The number of rotatable bonds is 7. The Morgan fingerprint density at radius 3 is 2.29 bits per heavy atom. The minimum Gasteiger partial charge on any atom is -0.274 e. The van der Waals surface area contributed by atoms with E-state index in [1.165, 1.54) is 24.2 Å². The third-order valence-electron chi connectivity index (χ3n) is 9.41. The van der Waals surface area contributed by atoms with Gasteiger partial charge in [-0.15, -0.1) is 0 Å². The molecule has 5 aliphatic rings. The molecule has 38 heavy (non-hydrogen) atoms. The van der Waals surface area contributed by atoms with E-state index in [1.54, 1.807) is 6.92 Å². The summed E-state index contributed by atoms with van der Waals surface area (Å²) in [4.78, 5) is 28.0. The molecule has 4 aliphatic carbocycles. The highest BCUT2D eigenvalue weighted by molar-refractivity contribution is 6.19. The molecule has 0 N–H and O–H groups in total. The Hall–Kier alpha value is -3.46. The van der Waals surface area contributed by atoms with Gasteiger partial charge in [0.05, 0.1) is 11.4 Å². The van der Waals surface area contributed by atoms with E-state index in [1.807, 2.05) is 47.3 Å². The Bertz CT molecular complexity index is 1340. The lowest BCUT2D eigenvalue weighted by molar-refractivity contribution is -0.140. The third kappa shape index (κ3) is 4.13. The van der Waals surface area contributed by atoms with Crippen molar-refractivity contribution in [3.05, 3.63) is 64.5 Å². The van der Waals surface area contributed by atoms with Crippen molar-refractivity contribution in [1.29, 1.82) is 5.26 Å². The molecular weight excluding hydrogens is 472 g/mol. The Kier molecular flexibility index (Phi) is 6.34. The van der Waals surface area contributed by atoms with Crippen LogP contribution in [0, 0.1) is 29.1 Å². The first-order valence-electron chi connectivity index (χ1n) is 14.3. The quantitative estimate of drug-likeness (QED) is 0.256. The van der Waals surface area contributed by atoms with E-state index >= 15 is 0 Å². The number of hydrogen-bond donors (Lipinski definition) is 0. The molecule has 0 spiro atoms. The first-order chi connectivity index (χ1) is 18.4. The molecule has 1 aromatic heterocycles. The topological polar surface area (TPSA) is 79.0 Å². The second kappa shape index (κ2) is 9.69. The van der Waals surface area contributed by atoms with Gasteiger partial charge in [-0.3, -0.25) is 14.5 Å². The van der Waals surface area contributed by atoms with Gasteiger partial charge in [-0.2, -0.15) is 10.4 Å². The van der Waals surface area contributed by atoms with Crippen LogP contribution >= 0.6 is 0 Å². The average Bonchev–Trinajstić information content (AvgIpc) is 3.34. The predicted octanol–water partition coefficient (Wildman–Crippen LogP) is 6.12. The van der Waals surface area contributed by atoms with Gasteiger partial charge in [0.15, 0.2) is 0 Å². The van der Waals surface area contributed by atoms with Crippen LogP contribution in [0.3, 0.4) is 0 Å². The van der Waals surface area contributed by atoms with Crippen LogP contribution < -0.4 is 0 Å². The predicted molar refractivity (Wildman–Crippen MR) is 146 cm³/mol. The maximum absolute atomic E-state index is 13.7. The zero-order chi connectivity index (χ0) is 26.4. The summed E-state index contributed by atoms with van der Waals surface area (Å²) in [6.07, 6.45) is 14.1. The summed E-state index contributed by atoms with van der Waals surface area (Å²) < 4.78 is 1.95. The molecule has 0 saturated heterocycles. The van der Waals surface area contributed by atoms with Gasteiger partial charge in [-0.25, -0.2) is 4.68 Å². The molecule has 1 aliphatic heterocycles. The van der Waals surface area contributed by atoms with Gasteiger partial charge in [0.25, 0.3) is 11.8 Å². The highest BCUT2D eigenvalue weighted by atomic mass is 16.2. The largest absolute Gasteiger partial charge is 0.274 e. The molecule has 4 fully saturated rings. The molecule has 0 radical (unpaired) electrons. The van der Waals surface area contributed by atoms with Crippen molar-refractivity contribution in [3.8, 4) is 11.8 Å². The molecule has 196 valence electrons. The number of hydrogen-bond acceptors (Lipinski definition) is 4. The van der Waals surface area contributed by atoms with E-state index in [-0.39, 0.29) is 16.9 Å². The summed E-state index contributed by atoms with van der Waals surface area (Å²) in [5.41, 5.74) is 4.03. The summed E-state index contributed by atoms with van der Waals surface area (Å²) in [6, 6.07) is 12.2. The van der Waals surface area contributed by atoms with Crippen molar-refractivity contribution < 1.29 is 9.59 Å². The molecule has 7 rings (SSSR count). The lowest BCUT2D eigenvalue weighted by atomic mass is 9.48. The number of carbonyl (C=O) groups is 2. The molecule has 2 amide bonds. The van der Waals surface area contributed by atoms with Crippen LogP contribution in [0.4, 0.5) is 0 Å². The molecule has 0 atom stereocenters. The Balaban J connectivity index is 1.47. The Labute approximate surface area is 225 Å². The number of aromatic nitrogens is 2. The van der Waals surface area contributed by atoms with E-state index in [4.69, 9.17) is 5.10 Å². The van der Waals surface area contributed by atoms with Gasteiger partial charge in [-0.05, 0) is 93.4 Å². The van der Waals surface area contributed by atoms with Crippen LogP contribution in [0.5, 0.6) is 0 Å². The Morgan fingerprint density at radius 1 is 1.03 bits per heavy atom. The minimum atomic E-state index is -0.468. The number of nitrogens with zero attached hydrogens (tertiary/aromatic N) is 4. The number of carbonyl (C=O) groups excluding carboxylic acids is 2. The molecule has 0 unspecified atom stereocenters. The fraction of sp³-hybridized carbons (Fsp3) is 0.500. The molecule has 2 aromatic rings. The van der Waals surface area contributed by atoms with Crippen LogP contribution in [0.2, 0.25) is 0 Å². The summed E-state index contributed by atoms with van der Waals surface area (Å²) in [6.45, 7) is 4.16. The van der Waals surface area contributed by atoms with Crippen molar-refractivity contribution >= 4 is 17.9 Å². The third-order valence-corrected chi connectivity index (χ3v) is 9.41. The summed E-state index contributed by atoms with van der Waals surface area (Å²) in [5.74, 6) is 1.52. The highest BCUT2D eigenvalue weighted by Gasteiger charge is 2.53. The first-order valence-corrected chi connectivity index (χ1v) is 14.3. The number of nitriles is 1. The maximum atomic E-state index is 13.7. The normalized spacial score (nSPS) is 29.4. The van der Waals surface area contributed by atoms with E-state index < -0.39 is 5.91 Å². The standard InChI is InChI=1S/C32H36N4O2/c1-3-4-8-11-35-30(37)27(21(2)28(19-33)31(35)38)15-25-20-36(26-9-6-5-7-10-26)34-29(25)32-16-22-12-23(17-32)14-24(13-22)18-32/h5-7,9-10,15,20,22-24H,3-4,8,11-14,16-18H2,1-2H3/b27-15+. The fourth-order valence-electron chi connectivity index (χ4n) is 8.03. The maximum Gasteiger partial charge on any atom is 0.271 e. The second-order valence-corrected chi connectivity index (χ2v) is 12.0. The zero-order valence-corrected chi connectivity index (χ0v) is 22.4. The van der Waals surface area contributed by atoms with Crippen LogP contribution in [0.15, 0.2) is 53.2 Å². The average molecular weight is 509 g/mol.